The van der Waals surface area contributed by atoms with Gasteiger partial charge in [0.25, 0.3) is 5.91 Å². The van der Waals surface area contributed by atoms with Crippen molar-refractivity contribution in [1.29, 1.82) is 0 Å². The van der Waals surface area contributed by atoms with E-state index in [4.69, 9.17) is 23.8 Å². The molecule has 1 aliphatic heterocycles. The molecule has 6 nitrogen and oxygen atoms in total. The lowest BCUT2D eigenvalue weighted by Gasteiger charge is -2.07. The topological polar surface area (TPSA) is 79.0 Å². The molecule has 1 amide bonds. The van der Waals surface area contributed by atoms with Gasteiger partial charge in [-0.25, -0.2) is 9.98 Å². The number of amides is 1. The van der Waals surface area contributed by atoms with Crippen molar-refractivity contribution in [3.63, 3.8) is 0 Å². The number of hydrogen-bond donors (Lipinski definition) is 2. The van der Waals surface area contributed by atoms with Crippen molar-refractivity contribution < 1.29 is 9.90 Å². The standard InChI is InChI=1S/C18H11ClN4O2S2/c19-11-5-3-4-10(8-11)16(24)22-23-17(25)14(27-18(23)26)9-15-20-12-6-1-2-7-13(12)21-15/h1-9,25H,(H,22,24). The highest BCUT2D eigenvalue weighted by atomic mass is 35.5. The Hall–Kier alpha value is -2.81. The third-order valence-corrected chi connectivity index (χ3v) is 5.27. The third kappa shape index (κ3) is 3.55. The highest BCUT2D eigenvalue weighted by Gasteiger charge is 2.15. The van der Waals surface area contributed by atoms with Gasteiger partial charge in [-0.3, -0.25) is 10.2 Å². The van der Waals surface area contributed by atoms with E-state index in [1.54, 1.807) is 24.3 Å². The molecule has 2 aromatic carbocycles. The summed E-state index contributed by atoms with van der Waals surface area (Å²) in [6.07, 6.45) is 1.62. The van der Waals surface area contributed by atoms with Crippen molar-refractivity contribution in [2.24, 2.45) is 9.98 Å². The van der Waals surface area contributed by atoms with E-state index in [9.17, 15) is 9.90 Å². The molecule has 1 aromatic heterocycles. The molecule has 0 aliphatic carbocycles. The summed E-state index contributed by atoms with van der Waals surface area (Å²) in [5.41, 5.74) is 2.92. The summed E-state index contributed by atoms with van der Waals surface area (Å²) < 4.78 is 1.43. The number of fused-ring (bicyclic) bond motifs is 1. The monoisotopic (exact) mass is 414 g/mol. The fourth-order valence-electron chi connectivity index (χ4n) is 2.48. The SMILES string of the molecule is O=C(Nn1c(O)c(C=C2N=c3ccccc3=N2)sc1=S)c1cccc(Cl)c1. The van der Waals surface area contributed by atoms with Crippen LogP contribution >= 0.6 is 35.2 Å². The minimum atomic E-state index is -0.441. The lowest BCUT2D eigenvalue weighted by Crippen LogP contribution is -2.22. The zero-order valence-corrected chi connectivity index (χ0v) is 16.0. The molecule has 4 rings (SSSR count). The molecule has 0 radical (unpaired) electrons. The number of para-hydroxylation sites is 2. The molecule has 1 aliphatic rings. The zero-order chi connectivity index (χ0) is 19.0. The number of thiazole rings is 1. The van der Waals surface area contributed by atoms with Crippen LogP contribution in [0.15, 0.2) is 64.3 Å². The van der Waals surface area contributed by atoms with Gasteiger partial charge in [-0.2, -0.15) is 4.68 Å². The normalized spacial score (nSPS) is 12.1. The highest BCUT2D eigenvalue weighted by Crippen LogP contribution is 2.28. The Kier molecular flexibility index (Phi) is 4.61. The quantitative estimate of drug-likeness (QED) is 0.645. The molecule has 2 N–H and O–H groups in total. The number of aromatic hydroxyl groups is 1. The van der Waals surface area contributed by atoms with Crippen LogP contribution in [0.25, 0.3) is 6.08 Å². The lowest BCUT2D eigenvalue weighted by atomic mass is 10.2. The second-order valence-electron chi connectivity index (χ2n) is 5.56. The third-order valence-electron chi connectivity index (χ3n) is 3.72. The van der Waals surface area contributed by atoms with Crippen molar-refractivity contribution in [2.75, 3.05) is 5.43 Å². The van der Waals surface area contributed by atoms with Gasteiger partial charge in [0, 0.05) is 16.7 Å². The van der Waals surface area contributed by atoms with Crippen molar-refractivity contribution in [2.45, 2.75) is 0 Å². The maximum absolute atomic E-state index is 12.4. The number of nitrogens with zero attached hydrogens (tertiary/aromatic N) is 3. The molecule has 3 aromatic rings. The number of aromatic nitrogens is 1. The van der Waals surface area contributed by atoms with Gasteiger partial charge in [0.2, 0.25) is 5.88 Å². The highest BCUT2D eigenvalue weighted by molar-refractivity contribution is 7.73. The van der Waals surface area contributed by atoms with Crippen LogP contribution in [0.2, 0.25) is 5.02 Å². The van der Waals surface area contributed by atoms with E-state index in [2.05, 4.69) is 15.4 Å². The van der Waals surface area contributed by atoms with E-state index in [0.717, 1.165) is 26.7 Å². The van der Waals surface area contributed by atoms with Crippen molar-refractivity contribution in [3.8, 4) is 5.88 Å². The molecule has 0 saturated heterocycles. The van der Waals surface area contributed by atoms with E-state index in [-0.39, 0.29) is 9.83 Å². The number of carbonyl (C=O) groups excluding carboxylic acids is 1. The summed E-state index contributed by atoms with van der Waals surface area (Å²) in [4.78, 5) is 21.6. The number of rotatable bonds is 3. The van der Waals surface area contributed by atoms with Crippen LogP contribution in [0.1, 0.15) is 15.2 Å². The van der Waals surface area contributed by atoms with Crippen LogP contribution in [0, 0.1) is 3.95 Å². The second kappa shape index (κ2) is 7.07. The molecule has 27 heavy (non-hydrogen) atoms. The van der Waals surface area contributed by atoms with Gasteiger partial charge in [0.1, 0.15) is 0 Å². The van der Waals surface area contributed by atoms with Crippen LogP contribution in [-0.4, -0.2) is 15.7 Å². The number of nitrogens with one attached hydrogen (secondary N) is 1. The summed E-state index contributed by atoms with van der Waals surface area (Å²) in [5.74, 6) is -0.172. The lowest BCUT2D eigenvalue weighted by molar-refractivity contribution is 0.101. The van der Waals surface area contributed by atoms with E-state index >= 15 is 0 Å². The van der Waals surface area contributed by atoms with Crippen LogP contribution < -0.4 is 16.1 Å². The first kappa shape index (κ1) is 17.6. The maximum atomic E-state index is 12.4. The molecule has 0 saturated carbocycles. The van der Waals surface area contributed by atoms with Crippen LogP contribution in [-0.2, 0) is 0 Å². The Labute approximate surface area is 167 Å². The fraction of sp³-hybridized carbons (Fsp3) is 0. The van der Waals surface area contributed by atoms with E-state index in [0.29, 0.717) is 21.3 Å². The first-order chi connectivity index (χ1) is 13.0. The summed E-state index contributed by atoms with van der Waals surface area (Å²) >= 11 is 12.3. The Balaban J connectivity index is 1.65. The maximum Gasteiger partial charge on any atom is 0.270 e. The molecule has 2 heterocycles. The zero-order valence-electron chi connectivity index (χ0n) is 13.6. The van der Waals surface area contributed by atoms with Gasteiger partial charge in [-0.15, -0.1) is 0 Å². The average molecular weight is 415 g/mol. The Bertz CT molecular complexity index is 1240. The van der Waals surface area contributed by atoms with Crippen molar-refractivity contribution in [1.82, 2.24) is 4.68 Å². The number of carbonyl (C=O) groups is 1. The van der Waals surface area contributed by atoms with Gasteiger partial charge < -0.3 is 5.11 Å². The van der Waals surface area contributed by atoms with Crippen molar-refractivity contribution >= 4 is 47.1 Å². The average Bonchev–Trinajstić information content (AvgIpc) is 3.17. The van der Waals surface area contributed by atoms with Gasteiger partial charge >= 0.3 is 0 Å². The minimum Gasteiger partial charge on any atom is -0.492 e. The Morgan fingerprint density at radius 2 is 1.89 bits per heavy atom. The van der Waals surface area contributed by atoms with Gasteiger partial charge in [-0.1, -0.05) is 41.1 Å². The molecule has 0 atom stereocenters. The Morgan fingerprint density at radius 1 is 1.19 bits per heavy atom. The van der Waals surface area contributed by atoms with Gasteiger partial charge in [0.05, 0.1) is 15.6 Å². The molecule has 0 fully saturated rings. The minimum absolute atomic E-state index is 0.186. The molecular weight excluding hydrogens is 404 g/mol. The largest absolute Gasteiger partial charge is 0.492 e. The Morgan fingerprint density at radius 3 is 2.56 bits per heavy atom. The van der Waals surface area contributed by atoms with Gasteiger partial charge in [-0.05, 0) is 42.5 Å². The molecule has 0 bridgehead atoms. The van der Waals surface area contributed by atoms with E-state index in [1.807, 2.05) is 24.3 Å². The predicted octanol–water partition coefficient (Wildman–Crippen LogP) is 3.27. The first-order valence-corrected chi connectivity index (χ1v) is 9.37. The number of benzene rings is 2. The van der Waals surface area contributed by atoms with Crippen molar-refractivity contribution in [3.05, 3.63) is 84.5 Å². The molecule has 0 unspecified atom stereocenters. The predicted molar refractivity (Wildman–Crippen MR) is 107 cm³/mol. The molecule has 134 valence electrons. The van der Waals surface area contributed by atoms with Crippen LogP contribution in [0.5, 0.6) is 5.88 Å². The number of hydrogen-bond acceptors (Lipinski definition) is 6. The fourth-order valence-corrected chi connectivity index (χ4v) is 3.83. The summed E-state index contributed by atoms with van der Waals surface area (Å²) in [5, 5.41) is 12.4. The summed E-state index contributed by atoms with van der Waals surface area (Å²) in [7, 11) is 0. The van der Waals surface area contributed by atoms with Crippen LogP contribution in [0.4, 0.5) is 0 Å². The summed E-state index contributed by atoms with van der Waals surface area (Å²) in [6.45, 7) is 0. The molecule has 9 heteroatoms. The number of halogens is 1. The second-order valence-corrected chi connectivity index (χ2v) is 7.67. The summed E-state index contributed by atoms with van der Waals surface area (Å²) in [6, 6.07) is 14.0. The molecular formula is C18H11ClN4O2S2. The smallest absolute Gasteiger partial charge is 0.270 e. The van der Waals surface area contributed by atoms with E-state index in [1.165, 1.54) is 6.07 Å². The van der Waals surface area contributed by atoms with Gasteiger partial charge in [0.15, 0.2) is 9.78 Å². The molecule has 0 spiro atoms. The first-order valence-electron chi connectivity index (χ1n) is 7.77. The van der Waals surface area contributed by atoms with Crippen LogP contribution in [0.3, 0.4) is 0 Å². The van der Waals surface area contributed by atoms with E-state index < -0.39 is 5.91 Å².